The molecule has 0 saturated heterocycles. The topological polar surface area (TPSA) is 68.9 Å². The van der Waals surface area contributed by atoms with Gasteiger partial charge in [-0.15, -0.1) is 24.0 Å². The van der Waals surface area contributed by atoms with Crippen molar-refractivity contribution >= 4 is 41.5 Å². The first-order chi connectivity index (χ1) is 9.58. The third-order valence-corrected chi connectivity index (χ3v) is 3.12. The number of ether oxygens (including phenoxy) is 2. The summed E-state index contributed by atoms with van der Waals surface area (Å²) in [6.45, 7) is 2.93. The lowest BCUT2D eigenvalue weighted by Crippen LogP contribution is -2.41. The van der Waals surface area contributed by atoms with Crippen molar-refractivity contribution in [3.8, 4) is 0 Å². The van der Waals surface area contributed by atoms with E-state index in [1.54, 1.807) is 14.2 Å². The first-order valence-electron chi connectivity index (χ1n) is 6.41. The third-order valence-electron chi connectivity index (χ3n) is 2.78. The van der Waals surface area contributed by atoms with E-state index in [0.29, 0.717) is 24.1 Å². The molecule has 5 nitrogen and oxygen atoms in total. The quantitative estimate of drug-likeness (QED) is 0.399. The summed E-state index contributed by atoms with van der Waals surface area (Å²) in [6, 6.07) is 7.65. The van der Waals surface area contributed by atoms with E-state index in [1.807, 2.05) is 31.2 Å². The molecule has 3 N–H and O–H groups in total. The number of guanidine groups is 1. The summed E-state index contributed by atoms with van der Waals surface area (Å²) in [5.74, 6) is 0.364. The van der Waals surface area contributed by atoms with Crippen molar-refractivity contribution in [3.05, 3.63) is 34.9 Å². The normalized spacial score (nSPS) is 14.2. The number of rotatable bonds is 7. The minimum absolute atomic E-state index is 0. The minimum Gasteiger partial charge on any atom is -0.383 e. The zero-order valence-electron chi connectivity index (χ0n) is 12.5. The largest absolute Gasteiger partial charge is 0.383 e. The zero-order valence-corrected chi connectivity index (χ0v) is 15.6. The molecule has 0 bridgehead atoms. The average Bonchev–Trinajstić information content (AvgIpc) is 2.41. The number of aliphatic imine (C=N–C) groups is 1. The highest BCUT2D eigenvalue weighted by molar-refractivity contribution is 14.0. The average molecular weight is 428 g/mol. The van der Waals surface area contributed by atoms with Crippen molar-refractivity contribution < 1.29 is 9.47 Å². The number of methoxy groups -OCH3 is 2. The van der Waals surface area contributed by atoms with Gasteiger partial charge in [0.25, 0.3) is 0 Å². The summed E-state index contributed by atoms with van der Waals surface area (Å²) in [7, 11) is 3.27. The number of hydrogen-bond donors (Lipinski definition) is 2. The van der Waals surface area contributed by atoms with Gasteiger partial charge in [-0.1, -0.05) is 29.8 Å². The van der Waals surface area contributed by atoms with Crippen LogP contribution < -0.4 is 11.1 Å². The van der Waals surface area contributed by atoms with Crippen LogP contribution in [0.2, 0.25) is 5.02 Å². The summed E-state index contributed by atoms with van der Waals surface area (Å²) in [5.41, 5.74) is 6.72. The molecule has 21 heavy (non-hydrogen) atoms. The van der Waals surface area contributed by atoms with E-state index in [4.69, 9.17) is 26.8 Å². The second kappa shape index (κ2) is 11.1. The Morgan fingerprint density at radius 3 is 2.62 bits per heavy atom. The highest BCUT2D eigenvalue weighted by Gasteiger charge is 2.13. The van der Waals surface area contributed by atoms with Gasteiger partial charge in [0, 0.05) is 30.8 Å². The van der Waals surface area contributed by atoms with E-state index >= 15 is 0 Å². The standard InChI is InChI=1S/C14H22ClN3O2.HI/c1-10(9-19-2)18-14(16)17-8-13(20-3)11-6-4-5-7-12(11)15;/h4-7,10,13H,8-9H2,1-3H3,(H3,16,17,18);1H. The van der Waals surface area contributed by atoms with Gasteiger partial charge in [-0.25, -0.2) is 0 Å². The Kier molecular flexibility index (Phi) is 10.8. The molecule has 0 aromatic heterocycles. The van der Waals surface area contributed by atoms with Crippen molar-refractivity contribution in [2.24, 2.45) is 10.7 Å². The first-order valence-corrected chi connectivity index (χ1v) is 6.78. The van der Waals surface area contributed by atoms with Crippen LogP contribution in [-0.2, 0) is 9.47 Å². The second-order valence-electron chi connectivity index (χ2n) is 4.47. The number of nitrogens with one attached hydrogen (secondary N) is 1. The van der Waals surface area contributed by atoms with E-state index in [9.17, 15) is 0 Å². The molecule has 0 fully saturated rings. The Labute approximate surface area is 148 Å². The smallest absolute Gasteiger partial charge is 0.188 e. The van der Waals surface area contributed by atoms with E-state index < -0.39 is 0 Å². The highest BCUT2D eigenvalue weighted by Crippen LogP contribution is 2.25. The van der Waals surface area contributed by atoms with Crippen LogP contribution in [0.1, 0.15) is 18.6 Å². The molecule has 0 aliphatic rings. The molecule has 0 heterocycles. The fourth-order valence-corrected chi connectivity index (χ4v) is 2.06. The summed E-state index contributed by atoms with van der Waals surface area (Å²) < 4.78 is 10.4. The fourth-order valence-electron chi connectivity index (χ4n) is 1.81. The monoisotopic (exact) mass is 427 g/mol. The number of benzene rings is 1. The summed E-state index contributed by atoms with van der Waals surface area (Å²) in [6.07, 6.45) is -0.221. The van der Waals surface area contributed by atoms with Gasteiger partial charge in [-0.05, 0) is 13.0 Å². The molecule has 1 rings (SSSR count). The molecule has 0 radical (unpaired) electrons. The number of hydrogen-bond acceptors (Lipinski definition) is 3. The van der Waals surface area contributed by atoms with E-state index in [0.717, 1.165) is 5.56 Å². The molecule has 2 atom stereocenters. The molecule has 0 aliphatic heterocycles. The van der Waals surface area contributed by atoms with E-state index in [1.165, 1.54) is 0 Å². The van der Waals surface area contributed by atoms with Crippen molar-refractivity contribution in [1.29, 1.82) is 0 Å². The van der Waals surface area contributed by atoms with Gasteiger partial charge in [0.15, 0.2) is 5.96 Å². The number of nitrogens with zero attached hydrogens (tertiary/aromatic N) is 1. The number of halogens is 2. The number of nitrogens with two attached hydrogens (primary N) is 1. The van der Waals surface area contributed by atoms with E-state index in [2.05, 4.69) is 10.3 Å². The van der Waals surface area contributed by atoms with Crippen molar-refractivity contribution in [1.82, 2.24) is 5.32 Å². The van der Waals surface area contributed by atoms with Gasteiger partial charge in [0.05, 0.1) is 13.2 Å². The second-order valence-corrected chi connectivity index (χ2v) is 4.88. The molecule has 2 unspecified atom stereocenters. The fraction of sp³-hybridized carbons (Fsp3) is 0.500. The Bertz CT molecular complexity index is 446. The predicted octanol–water partition coefficient (Wildman–Crippen LogP) is 2.58. The lowest BCUT2D eigenvalue weighted by Gasteiger charge is -2.17. The Hall–Kier alpha value is -0.570. The Balaban J connectivity index is 0.00000400. The minimum atomic E-state index is -0.221. The predicted molar refractivity (Wildman–Crippen MR) is 97.6 cm³/mol. The van der Waals surface area contributed by atoms with Crippen LogP contribution in [-0.4, -0.2) is 39.4 Å². The zero-order chi connectivity index (χ0) is 15.0. The summed E-state index contributed by atoms with van der Waals surface area (Å²) in [5, 5.41) is 3.70. The molecule has 1 aromatic carbocycles. The molecule has 0 spiro atoms. The van der Waals surface area contributed by atoms with Gasteiger partial charge in [-0.2, -0.15) is 0 Å². The van der Waals surface area contributed by atoms with Gasteiger partial charge in [0.2, 0.25) is 0 Å². The van der Waals surface area contributed by atoms with Crippen LogP contribution >= 0.6 is 35.6 Å². The SMILES string of the molecule is COCC(C)NC(N)=NCC(OC)c1ccccc1Cl.I. The van der Waals surface area contributed by atoms with Gasteiger partial charge >= 0.3 is 0 Å². The van der Waals surface area contributed by atoms with Crippen LogP contribution in [0.4, 0.5) is 0 Å². The first kappa shape index (κ1) is 20.4. The van der Waals surface area contributed by atoms with Gasteiger partial charge in [-0.3, -0.25) is 4.99 Å². The molecule has 0 saturated carbocycles. The van der Waals surface area contributed by atoms with Crippen molar-refractivity contribution in [2.75, 3.05) is 27.4 Å². The van der Waals surface area contributed by atoms with Gasteiger partial charge in [0.1, 0.15) is 6.10 Å². The molecule has 1 aromatic rings. The molecular formula is C14H23ClIN3O2. The highest BCUT2D eigenvalue weighted by atomic mass is 127. The Morgan fingerprint density at radius 1 is 1.38 bits per heavy atom. The summed E-state index contributed by atoms with van der Waals surface area (Å²) >= 11 is 6.15. The van der Waals surface area contributed by atoms with Crippen LogP contribution in [0.15, 0.2) is 29.3 Å². The maximum absolute atomic E-state index is 6.15. The third kappa shape index (κ3) is 7.30. The van der Waals surface area contributed by atoms with Crippen LogP contribution in [0, 0.1) is 0 Å². The molecule has 120 valence electrons. The summed E-state index contributed by atoms with van der Waals surface area (Å²) in [4.78, 5) is 4.28. The molecular weight excluding hydrogens is 405 g/mol. The van der Waals surface area contributed by atoms with E-state index in [-0.39, 0.29) is 36.1 Å². The molecule has 0 amide bonds. The maximum Gasteiger partial charge on any atom is 0.188 e. The molecule has 7 heteroatoms. The van der Waals surface area contributed by atoms with Crippen LogP contribution in [0.5, 0.6) is 0 Å². The van der Waals surface area contributed by atoms with Crippen LogP contribution in [0.3, 0.4) is 0 Å². The van der Waals surface area contributed by atoms with Crippen molar-refractivity contribution in [2.45, 2.75) is 19.1 Å². The lowest BCUT2D eigenvalue weighted by molar-refractivity contribution is 0.111. The molecule has 0 aliphatic carbocycles. The lowest BCUT2D eigenvalue weighted by atomic mass is 10.1. The van der Waals surface area contributed by atoms with Gasteiger partial charge < -0.3 is 20.5 Å². The van der Waals surface area contributed by atoms with Crippen molar-refractivity contribution in [3.63, 3.8) is 0 Å². The maximum atomic E-state index is 6.15. The Morgan fingerprint density at radius 2 is 2.05 bits per heavy atom. The van der Waals surface area contributed by atoms with Crippen LogP contribution in [0.25, 0.3) is 0 Å².